The SMILES string of the molecule is CNC1CCN(CC(=O)N2CC(C)CC(C)C2)CC1. The van der Waals surface area contributed by atoms with Crippen LogP contribution in [0.25, 0.3) is 0 Å². The van der Waals surface area contributed by atoms with Crippen molar-refractivity contribution in [3.05, 3.63) is 0 Å². The minimum Gasteiger partial charge on any atom is -0.341 e. The smallest absolute Gasteiger partial charge is 0.236 e. The van der Waals surface area contributed by atoms with E-state index >= 15 is 0 Å². The van der Waals surface area contributed by atoms with Gasteiger partial charge in [0.2, 0.25) is 5.91 Å². The summed E-state index contributed by atoms with van der Waals surface area (Å²) in [5.74, 6) is 1.65. The van der Waals surface area contributed by atoms with Crippen molar-refractivity contribution in [2.75, 3.05) is 39.8 Å². The van der Waals surface area contributed by atoms with Gasteiger partial charge in [0.15, 0.2) is 0 Å². The molecule has 110 valence electrons. The van der Waals surface area contributed by atoms with Gasteiger partial charge in [-0.25, -0.2) is 0 Å². The van der Waals surface area contributed by atoms with Crippen molar-refractivity contribution in [1.29, 1.82) is 0 Å². The van der Waals surface area contributed by atoms with Gasteiger partial charge in [0.05, 0.1) is 6.54 Å². The van der Waals surface area contributed by atoms with Crippen LogP contribution in [0.1, 0.15) is 33.1 Å². The van der Waals surface area contributed by atoms with Crippen molar-refractivity contribution in [3.8, 4) is 0 Å². The third-order valence-electron chi connectivity index (χ3n) is 4.58. The van der Waals surface area contributed by atoms with Gasteiger partial charge in [-0.05, 0) is 38.1 Å². The van der Waals surface area contributed by atoms with E-state index in [2.05, 4.69) is 29.0 Å². The maximum atomic E-state index is 12.4. The van der Waals surface area contributed by atoms with Crippen molar-refractivity contribution in [3.63, 3.8) is 0 Å². The van der Waals surface area contributed by atoms with E-state index in [1.54, 1.807) is 0 Å². The van der Waals surface area contributed by atoms with Crippen molar-refractivity contribution in [2.24, 2.45) is 11.8 Å². The molecule has 0 aromatic carbocycles. The largest absolute Gasteiger partial charge is 0.341 e. The zero-order valence-electron chi connectivity index (χ0n) is 12.7. The summed E-state index contributed by atoms with van der Waals surface area (Å²) >= 11 is 0. The van der Waals surface area contributed by atoms with Crippen LogP contribution in [0.15, 0.2) is 0 Å². The Morgan fingerprint density at radius 3 is 2.26 bits per heavy atom. The quantitative estimate of drug-likeness (QED) is 0.834. The van der Waals surface area contributed by atoms with Crippen molar-refractivity contribution < 1.29 is 4.79 Å². The number of carbonyl (C=O) groups excluding carboxylic acids is 1. The minimum atomic E-state index is 0.335. The molecule has 2 rings (SSSR count). The molecular weight excluding hydrogens is 238 g/mol. The van der Waals surface area contributed by atoms with Crippen LogP contribution in [0, 0.1) is 11.8 Å². The van der Waals surface area contributed by atoms with Crippen LogP contribution in [0.3, 0.4) is 0 Å². The number of carbonyl (C=O) groups is 1. The summed E-state index contributed by atoms with van der Waals surface area (Å²) in [6, 6.07) is 0.640. The Kier molecular flexibility index (Phi) is 5.22. The first-order valence-electron chi connectivity index (χ1n) is 7.76. The average molecular weight is 267 g/mol. The van der Waals surface area contributed by atoms with Gasteiger partial charge in [-0.3, -0.25) is 9.69 Å². The van der Waals surface area contributed by atoms with Crippen LogP contribution in [0.2, 0.25) is 0 Å². The molecule has 2 saturated heterocycles. The molecule has 2 atom stereocenters. The minimum absolute atomic E-state index is 0.335. The van der Waals surface area contributed by atoms with Crippen molar-refractivity contribution in [1.82, 2.24) is 15.1 Å². The molecule has 0 spiro atoms. The molecule has 0 aromatic heterocycles. The second-order valence-electron chi connectivity index (χ2n) is 6.58. The number of nitrogens with one attached hydrogen (secondary N) is 1. The molecule has 2 unspecified atom stereocenters. The Labute approximate surface area is 117 Å². The monoisotopic (exact) mass is 267 g/mol. The summed E-state index contributed by atoms with van der Waals surface area (Å²) in [6.45, 7) is 9.15. The number of piperidine rings is 2. The summed E-state index contributed by atoms with van der Waals surface area (Å²) in [5, 5.41) is 3.33. The maximum Gasteiger partial charge on any atom is 0.236 e. The van der Waals surface area contributed by atoms with Crippen molar-refractivity contribution in [2.45, 2.75) is 39.2 Å². The highest BCUT2D eigenvalue weighted by Crippen LogP contribution is 2.21. The summed E-state index contributed by atoms with van der Waals surface area (Å²) in [7, 11) is 2.03. The Bertz CT molecular complexity index is 290. The van der Waals surface area contributed by atoms with E-state index in [9.17, 15) is 4.79 Å². The molecule has 2 fully saturated rings. The molecule has 0 saturated carbocycles. The summed E-state index contributed by atoms with van der Waals surface area (Å²) in [4.78, 5) is 16.8. The van der Waals surface area contributed by atoms with Gasteiger partial charge in [0, 0.05) is 32.2 Å². The van der Waals surface area contributed by atoms with Gasteiger partial charge >= 0.3 is 0 Å². The predicted octanol–water partition coefficient (Wildman–Crippen LogP) is 1.17. The molecular formula is C15H29N3O. The third kappa shape index (κ3) is 4.18. The van der Waals surface area contributed by atoms with Crippen LogP contribution in [-0.4, -0.2) is 61.5 Å². The second-order valence-corrected chi connectivity index (χ2v) is 6.58. The number of hydrogen-bond acceptors (Lipinski definition) is 3. The van der Waals surface area contributed by atoms with E-state index in [0.717, 1.165) is 39.0 Å². The van der Waals surface area contributed by atoms with Gasteiger partial charge in [0.25, 0.3) is 0 Å². The van der Waals surface area contributed by atoms with Gasteiger partial charge in [-0.2, -0.15) is 0 Å². The molecule has 0 aromatic rings. The van der Waals surface area contributed by atoms with Crippen molar-refractivity contribution >= 4 is 5.91 Å². The maximum absolute atomic E-state index is 12.4. The van der Waals surface area contributed by atoms with Crippen LogP contribution < -0.4 is 5.32 Å². The fraction of sp³-hybridized carbons (Fsp3) is 0.933. The van der Waals surface area contributed by atoms with Gasteiger partial charge < -0.3 is 10.2 Å². The average Bonchev–Trinajstić information content (AvgIpc) is 2.38. The first-order valence-corrected chi connectivity index (χ1v) is 7.76. The number of rotatable bonds is 3. The highest BCUT2D eigenvalue weighted by Gasteiger charge is 2.27. The van der Waals surface area contributed by atoms with E-state index in [0.29, 0.717) is 30.3 Å². The predicted molar refractivity (Wildman–Crippen MR) is 78.0 cm³/mol. The number of likely N-dealkylation sites (tertiary alicyclic amines) is 2. The molecule has 2 heterocycles. The topological polar surface area (TPSA) is 35.6 Å². The standard InChI is InChI=1S/C15H29N3O/c1-12-8-13(2)10-18(9-12)15(19)11-17-6-4-14(16-3)5-7-17/h12-14,16H,4-11H2,1-3H3. The third-order valence-corrected chi connectivity index (χ3v) is 4.58. The molecule has 1 N–H and O–H groups in total. The Morgan fingerprint density at radius 2 is 1.74 bits per heavy atom. The fourth-order valence-electron chi connectivity index (χ4n) is 3.54. The Morgan fingerprint density at radius 1 is 1.16 bits per heavy atom. The zero-order valence-corrected chi connectivity index (χ0v) is 12.7. The molecule has 0 aliphatic carbocycles. The van der Waals surface area contributed by atoms with Crippen LogP contribution in [0.5, 0.6) is 0 Å². The lowest BCUT2D eigenvalue weighted by Gasteiger charge is -2.37. The van der Waals surface area contributed by atoms with E-state index in [1.807, 2.05) is 7.05 Å². The number of nitrogens with zero attached hydrogens (tertiary/aromatic N) is 2. The van der Waals surface area contributed by atoms with Gasteiger partial charge in [-0.15, -0.1) is 0 Å². The van der Waals surface area contributed by atoms with Gasteiger partial charge in [-0.1, -0.05) is 13.8 Å². The zero-order chi connectivity index (χ0) is 13.8. The summed E-state index contributed by atoms with van der Waals surface area (Å²) < 4.78 is 0. The van der Waals surface area contributed by atoms with Crippen LogP contribution in [-0.2, 0) is 4.79 Å². The molecule has 1 amide bonds. The molecule has 2 aliphatic rings. The Balaban J connectivity index is 1.78. The molecule has 4 heteroatoms. The lowest BCUT2D eigenvalue weighted by Crippen LogP contribution is -2.49. The van der Waals surface area contributed by atoms with E-state index < -0.39 is 0 Å². The van der Waals surface area contributed by atoms with E-state index in [-0.39, 0.29) is 0 Å². The van der Waals surface area contributed by atoms with E-state index in [1.165, 1.54) is 6.42 Å². The first kappa shape index (κ1) is 14.8. The highest BCUT2D eigenvalue weighted by molar-refractivity contribution is 5.78. The molecule has 0 radical (unpaired) electrons. The summed E-state index contributed by atoms with van der Waals surface area (Å²) in [6.07, 6.45) is 3.59. The number of hydrogen-bond donors (Lipinski definition) is 1. The molecule has 0 bridgehead atoms. The molecule has 2 aliphatic heterocycles. The first-order chi connectivity index (χ1) is 9.08. The highest BCUT2D eigenvalue weighted by atomic mass is 16.2. The van der Waals surface area contributed by atoms with Gasteiger partial charge in [0.1, 0.15) is 0 Å². The second kappa shape index (κ2) is 6.71. The summed E-state index contributed by atoms with van der Waals surface area (Å²) in [5.41, 5.74) is 0. The van der Waals surface area contributed by atoms with Crippen LogP contribution >= 0.6 is 0 Å². The normalized spacial score (nSPS) is 30.6. The van der Waals surface area contributed by atoms with Crippen LogP contribution in [0.4, 0.5) is 0 Å². The number of amides is 1. The molecule has 4 nitrogen and oxygen atoms in total. The van der Waals surface area contributed by atoms with E-state index in [4.69, 9.17) is 0 Å². The Hall–Kier alpha value is -0.610. The molecule has 19 heavy (non-hydrogen) atoms. The fourth-order valence-corrected chi connectivity index (χ4v) is 3.54. The lowest BCUT2D eigenvalue weighted by molar-refractivity contribution is -0.135. The lowest BCUT2D eigenvalue weighted by atomic mass is 9.92.